The Morgan fingerprint density at radius 2 is 2.00 bits per heavy atom. The molecule has 8 heteroatoms. The van der Waals surface area contributed by atoms with E-state index in [1.54, 1.807) is 17.7 Å². The second-order valence-corrected chi connectivity index (χ2v) is 9.72. The maximum Gasteiger partial charge on any atom is 0.256 e. The van der Waals surface area contributed by atoms with E-state index < -0.39 is 21.4 Å². The average molecular weight is 418 g/mol. The third-order valence-corrected chi connectivity index (χ3v) is 7.11. The van der Waals surface area contributed by atoms with Crippen molar-refractivity contribution in [1.82, 2.24) is 14.2 Å². The van der Waals surface area contributed by atoms with Gasteiger partial charge in [0.05, 0.1) is 10.4 Å². The van der Waals surface area contributed by atoms with Crippen LogP contribution in [0.15, 0.2) is 45.7 Å². The lowest BCUT2D eigenvalue weighted by atomic mass is 9.97. The van der Waals surface area contributed by atoms with E-state index in [0.717, 1.165) is 23.6 Å². The van der Waals surface area contributed by atoms with Gasteiger partial charge in [-0.1, -0.05) is 11.6 Å². The number of nitrogens with zero attached hydrogens (tertiary/aromatic N) is 2. The zero-order valence-corrected chi connectivity index (χ0v) is 17.9. The predicted octanol–water partition coefficient (Wildman–Crippen LogP) is 2.41. The Kier molecular flexibility index (Phi) is 6.24. The van der Waals surface area contributed by atoms with E-state index in [-0.39, 0.29) is 15.8 Å². The molecule has 0 aliphatic heterocycles. The van der Waals surface area contributed by atoms with Crippen LogP contribution in [0.3, 0.4) is 0 Å². The van der Waals surface area contributed by atoms with Crippen LogP contribution in [0.5, 0.6) is 0 Å². The molecule has 1 aliphatic carbocycles. The summed E-state index contributed by atoms with van der Waals surface area (Å²) < 4.78 is 27.6. The van der Waals surface area contributed by atoms with E-state index in [0.29, 0.717) is 12.1 Å². The monoisotopic (exact) mass is 417 g/mol. The van der Waals surface area contributed by atoms with Gasteiger partial charge in [0.2, 0.25) is 15.5 Å². The Labute approximate surface area is 171 Å². The van der Waals surface area contributed by atoms with Crippen LogP contribution in [0.4, 0.5) is 0 Å². The van der Waals surface area contributed by atoms with Crippen LogP contribution >= 0.6 is 0 Å². The number of sulfonamides is 1. The second-order valence-electron chi connectivity index (χ2n) is 7.56. The van der Waals surface area contributed by atoms with E-state index in [1.807, 2.05) is 0 Å². The summed E-state index contributed by atoms with van der Waals surface area (Å²) in [5, 5.41) is 3.03. The molecular formula is C21H27N3O4S. The van der Waals surface area contributed by atoms with Crippen molar-refractivity contribution in [3.05, 3.63) is 51.8 Å². The van der Waals surface area contributed by atoms with Crippen molar-refractivity contribution in [2.45, 2.75) is 37.0 Å². The summed E-state index contributed by atoms with van der Waals surface area (Å²) in [6.07, 6.45) is 9.07. The van der Waals surface area contributed by atoms with Gasteiger partial charge in [0.15, 0.2) is 0 Å². The molecule has 29 heavy (non-hydrogen) atoms. The molecule has 0 radical (unpaired) electrons. The molecule has 3 rings (SSSR count). The van der Waals surface area contributed by atoms with Crippen LogP contribution in [0.25, 0.3) is 10.9 Å². The number of aryl methyl sites for hydroxylation is 1. The van der Waals surface area contributed by atoms with Gasteiger partial charge in [-0.05, 0) is 50.3 Å². The minimum atomic E-state index is -3.68. The number of hydrogen-bond acceptors (Lipinski definition) is 4. The molecule has 0 unspecified atom stereocenters. The van der Waals surface area contributed by atoms with E-state index in [1.165, 1.54) is 50.8 Å². The molecule has 1 aromatic carbocycles. The van der Waals surface area contributed by atoms with Gasteiger partial charge in [0.1, 0.15) is 5.56 Å². The first-order chi connectivity index (χ1) is 13.7. The van der Waals surface area contributed by atoms with Gasteiger partial charge in [-0.25, -0.2) is 12.7 Å². The number of allylic oxidation sites excluding steroid dienone is 1. The predicted molar refractivity (Wildman–Crippen MR) is 114 cm³/mol. The molecule has 7 nitrogen and oxygen atoms in total. The summed E-state index contributed by atoms with van der Waals surface area (Å²) in [5.74, 6) is -0.440. The molecule has 1 N–H and O–H groups in total. The number of amides is 1. The highest BCUT2D eigenvalue weighted by Gasteiger charge is 2.20. The first kappa shape index (κ1) is 21.3. The second kappa shape index (κ2) is 8.51. The fraction of sp³-hybridized carbons (Fsp3) is 0.429. The average Bonchev–Trinajstić information content (AvgIpc) is 2.70. The summed E-state index contributed by atoms with van der Waals surface area (Å²) in [6, 6.07) is 4.40. The molecule has 0 spiro atoms. The van der Waals surface area contributed by atoms with Crippen LogP contribution in [0.2, 0.25) is 0 Å². The number of pyridine rings is 1. The van der Waals surface area contributed by atoms with Crippen molar-refractivity contribution in [3.8, 4) is 0 Å². The van der Waals surface area contributed by atoms with E-state index in [9.17, 15) is 18.0 Å². The van der Waals surface area contributed by atoms with Crippen molar-refractivity contribution in [2.24, 2.45) is 7.05 Å². The first-order valence-electron chi connectivity index (χ1n) is 9.74. The number of rotatable bonds is 6. The highest BCUT2D eigenvalue weighted by Crippen LogP contribution is 2.20. The molecule has 0 atom stereocenters. The van der Waals surface area contributed by atoms with E-state index >= 15 is 0 Å². The zero-order valence-electron chi connectivity index (χ0n) is 17.1. The third-order valence-electron chi connectivity index (χ3n) is 5.30. The molecule has 156 valence electrons. The van der Waals surface area contributed by atoms with Crippen molar-refractivity contribution in [2.75, 3.05) is 20.6 Å². The fourth-order valence-electron chi connectivity index (χ4n) is 3.57. The fourth-order valence-corrected chi connectivity index (χ4v) is 4.50. The SMILES string of the molecule is CN(C)S(=O)(=O)c1ccc2c(c1)c(=O)c(C(=O)NCCC1=CCCCC1)cn2C. The standard InChI is InChI=1S/C21H27N3O4S/c1-23(2)29(27,28)16-9-10-19-17(13-16)20(25)18(14-24(19)3)21(26)22-12-11-15-7-5-4-6-8-15/h7,9-10,13-14H,4-6,8,11-12H2,1-3H3,(H,22,26). The minimum absolute atomic E-state index is 0.0111. The number of aromatic nitrogens is 1. The normalized spacial score (nSPS) is 14.8. The van der Waals surface area contributed by atoms with Gasteiger partial charge in [0.25, 0.3) is 5.91 Å². The Morgan fingerprint density at radius 1 is 1.24 bits per heavy atom. The third kappa shape index (κ3) is 4.43. The summed E-state index contributed by atoms with van der Waals surface area (Å²) in [5.41, 5.74) is 1.46. The van der Waals surface area contributed by atoms with Crippen molar-refractivity contribution >= 4 is 26.8 Å². The molecule has 1 heterocycles. The lowest BCUT2D eigenvalue weighted by Crippen LogP contribution is -2.30. The van der Waals surface area contributed by atoms with Crippen molar-refractivity contribution in [3.63, 3.8) is 0 Å². The summed E-state index contributed by atoms with van der Waals surface area (Å²) in [4.78, 5) is 25.6. The van der Waals surface area contributed by atoms with Gasteiger partial charge >= 0.3 is 0 Å². The molecule has 2 aromatic rings. The van der Waals surface area contributed by atoms with Crippen molar-refractivity contribution < 1.29 is 13.2 Å². The lowest BCUT2D eigenvalue weighted by Gasteiger charge is -2.14. The minimum Gasteiger partial charge on any atom is -0.352 e. The van der Waals surface area contributed by atoms with Crippen LogP contribution < -0.4 is 10.7 Å². The number of nitrogens with one attached hydrogen (secondary N) is 1. The molecule has 1 amide bonds. The van der Waals surface area contributed by atoms with Gasteiger partial charge < -0.3 is 9.88 Å². The quantitative estimate of drug-likeness (QED) is 0.731. The number of hydrogen-bond donors (Lipinski definition) is 1. The maximum absolute atomic E-state index is 12.9. The summed E-state index contributed by atoms with van der Waals surface area (Å²) in [7, 11) is 0.916. The molecule has 0 saturated carbocycles. The van der Waals surface area contributed by atoms with Gasteiger partial charge in [-0.3, -0.25) is 9.59 Å². The molecule has 1 aromatic heterocycles. The first-order valence-corrected chi connectivity index (χ1v) is 11.2. The van der Waals surface area contributed by atoms with Crippen LogP contribution in [0, 0.1) is 0 Å². The van der Waals surface area contributed by atoms with Gasteiger partial charge in [-0.2, -0.15) is 0 Å². The molecular weight excluding hydrogens is 390 g/mol. The molecule has 1 aliphatic rings. The Bertz CT molecular complexity index is 1130. The van der Waals surface area contributed by atoms with Crippen molar-refractivity contribution in [1.29, 1.82) is 0 Å². The van der Waals surface area contributed by atoms with Gasteiger partial charge in [0, 0.05) is 39.3 Å². The van der Waals surface area contributed by atoms with E-state index in [4.69, 9.17) is 0 Å². The van der Waals surface area contributed by atoms with E-state index in [2.05, 4.69) is 11.4 Å². The van der Waals surface area contributed by atoms with Crippen LogP contribution in [0.1, 0.15) is 42.5 Å². The molecule has 0 bridgehead atoms. The summed E-state index contributed by atoms with van der Waals surface area (Å²) in [6.45, 7) is 0.473. The lowest BCUT2D eigenvalue weighted by molar-refractivity contribution is 0.0952. The Hall–Kier alpha value is -2.45. The van der Waals surface area contributed by atoms with Crippen LogP contribution in [-0.2, 0) is 17.1 Å². The molecule has 0 fully saturated rings. The smallest absolute Gasteiger partial charge is 0.256 e. The maximum atomic E-state index is 12.9. The van der Waals surface area contributed by atoms with Gasteiger partial charge in [-0.15, -0.1) is 0 Å². The summed E-state index contributed by atoms with van der Waals surface area (Å²) >= 11 is 0. The Morgan fingerprint density at radius 3 is 2.66 bits per heavy atom. The molecule has 0 saturated heterocycles. The highest BCUT2D eigenvalue weighted by atomic mass is 32.2. The number of benzene rings is 1. The van der Waals surface area contributed by atoms with Crippen LogP contribution in [-0.4, -0.2) is 43.8 Å². The largest absolute Gasteiger partial charge is 0.352 e. The number of fused-ring (bicyclic) bond motifs is 1. The topological polar surface area (TPSA) is 88.5 Å². The number of carbonyl (C=O) groups is 1. The zero-order chi connectivity index (χ0) is 21.2. The Balaban J connectivity index is 1.90. The highest BCUT2D eigenvalue weighted by molar-refractivity contribution is 7.89. The number of carbonyl (C=O) groups excluding carboxylic acids is 1.